The van der Waals surface area contributed by atoms with E-state index < -0.39 is 5.97 Å². The first-order chi connectivity index (χ1) is 9.02. The number of ether oxygens (including phenoxy) is 1. The molecular weight excluding hydrogens is 264 g/mol. The van der Waals surface area contributed by atoms with Crippen LogP contribution >= 0.6 is 11.6 Å². The van der Waals surface area contributed by atoms with E-state index in [0.717, 1.165) is 6.42 Å². The largest absolute Gasteiger partial charge is 0.465 e. The number of hydrogen-bond acceptors (Lipinski definition) is 4. The number of carbonyl (C=O) groups excluding carboxylic acids is 1. The lowest BCUT2D eigenvalue weighted by Crippen LogP contribution is -2.23. The molecule has 1 aromatic carbocycles. The maximum Gasteiger partial charge on any atom is 0.340 e. The molecule has 104 valence electrons. The maximum absolute atomic E-state index is 11.8. The molecule has 1 aliphatic carbocycles. The molecule has 0 radical (unpaired) electrons. The highest BCUT2D eigenvalue weighted by molar-refractivity contribution is 6.34. The Labute approximate surface area is 118 Å². The first-order valence-corrected chi connectivity index (χ1v) is 6.84. The molecular formula is C14H19ClN2O2. The van der Waals surface area contributed by atoms with Gasteiger partial charge in [0.25, 0.3) is 0 Å². The summed E-state index contributed by atoms with van der Waals surface area (Å²) in [5.41, 5.74) is 7.21. The highest BCUT2D eigenvalue weighted by atomic mass is 35.5. The number of rotatable bonds is 3. The third-order valence-corrected chi connectivity index (χ3v) is 4.01. The normalized spacial score (nSPS) is 22.3. The second-order valence-electron chi connectivity index (χ2n) is 5.08. The summed E-state index contributed by atoms with van der Waals surface area (Å²) in [6.07, 6.45) is 3.47. The Morgan fingerprint density at radius 2 is 2.21 bits per heavy atom. The summed E-state index contributed by atoms with van der Waals surface area (Å²) >= 11 is 6.21. The van der Waals surface area contributed by atoms with E-state index >= 15 is 0 Å². The van der Waals surface area contributed by atoms with E-state index in [1.54, 1.807) is 12.1 Å². The van der Waals surface area contributed by atoms with Crippen LogP contribution in [0.3, 0.4) is 0 Å². The van der Waals surface area contributed by atoms with Gasteiger partial charge in [-0.1, -0.05) is 24.9 Å². The third kappa shape index (κ3) is 2.95. The van der Waals surface area contributed by atoms with Gasteiger partial charge in [0.2, 0.25) is 0 Å². The molecule has 4 nitrogen and oxygen atoms in total. The minimum absolute atomic E-state index is 0.338. The quantitative estimate of drug-likeness (QED) is 0.659. The molecule has 3 N–H and O–H groups in total. The molecule has 0 aromatic heterocycles. The van der Waals surface area contributed by atoms with Gasteiger partial charge in [-0.2, -0.15) is 0 Å². The molecule has 0 saturated heterocycles. The van der Waals surface area contributed by atoms with Crippen LogP contribution in [0.5, 0.6) is 0 Å². The van der Waals surface area contributed by atoms with Gasteiger partial charge in [0.1, 0.15) is 0 Å². The maximum atomic E-state index is 11.8. The second kappa shape index (κ2) is 5.70. The Bertz CT molecular complexity index is 491. The monoisotopic (exact) mass is 282 g/mol. The lowest BCUT2D eigenvalue weighted by Gasteiger charge is -2.21. The van der Waals surface area contributed by atoms with E-state index in [1.165, 1.54) is 20.0 Å². The van der Waals surface area contributed by atoms with Gasteiger partial charge in [-0.15, -0.1) is 0 Å². The summed E-state index contributed by atoms with van der Waals surface area (Å²) < 4.78 is 4.79. The molecule has 1 fully saturated rings. The van der Waals surface area contributed by atoms with Crippen LogP contribution < -0.4 is 11.1 Å². The third-order valence-electron chi connectivity index (χ3n) is 3.71. The summed E-state index contributed by atoms with van der Waals surface area (Å²) in [5.74, 6) is 0.140. The van der Waals surface area contributed by atoms with Gasteiger partial charge < -0.3 is 15.8 Å². The van der Waals surface area contributed by atoms with Gasteiger partial charge >= 0.3 is 5.97 Å². The van der Waals surface area contributed by atoms with Crippen molar-refractivity contribution in [1.29, 1.82) is 0 Å². The number of halogens is 1. The first kappa shape index (κ1) is 14.0. The zero-order valence-corrected chi connectivity index (χ0v) is 12.0. The summed E-state index contributed by atoms with van der Waals surface area (Å²) in [7, 11) is 1.35. The minimum Gasteiger partial charge on any atom is -0.465 e. The Balaban J connectivity index is 2.34. The van der Waals surface area contributed by atoms with Crippen LogP contribution in [-0.2, 0) is 4.74 Å². The Hall–Kier alpha value is -1.42. The van der Waals surface area contributed by atoms with Crippen molar-refractivity contribution in [3.05, 3.63) is 22.7 Å². The number of nitrogens with one attached hydrogen (secondary N) is 1. The van der Waals surface area contributed by atoms with Crippen LogP contribution in [0.2, 0.25) is 5.02 Å². The number of benzene rings is 1. The van der Waals surface area contributed by atoms with Crippen molar-refractivity contribution in [3.8, 4) is 0 Å². The molecule has 0 spiro atoms. The van der Waals surface area contributed by atoms with Gasteiger partial charge in [-0.3, -0.25) is 0 Å². The van der Waals surface area contributed by atoms with Crippen molar-refractivity contribution in [2.45, 2.75) is 32.2 Å². The second-order valence-corrected chi connectivity index (χ2v) is 5.48. The van der Waals surface area contributed by atoms with Crippen molar-refractivity contribution in [1.82, 2.24) is 0 Å². The summed E-state index contributed by atoms with van der Waals surface area (Å²) in [6, 6.07) is 3.58. The summed E-state index contributed by atoms with van der Waals surface area (Å²) in [5, 5.41) is 3.84. The van der Waals surface area contributed by atoms with E-state index in [9.17, 15) is 4.79 Å². The molecule has 2 unspecified atom stereocenters. The van der Waals surface area contributed by atoms with E-state index in [2.05, 4.69) is 12.2 Å². The van der Waals surface area contributed by atoms with Crippen LogP contribution in [0.15, 0.2) is 12.1 Å². The van der Waals surface area contributed by atoms with E-state index in [4.69, 9.17) is 22.1 Å². The van der Waals surface area contributed by atoms with E-state index in [-0.39, 0.29) is 0 Å². The topological polar surface area (TPSA) is 64.3 Å². The smallest absolute Gasteiger partial charge is 0.340 e. The van der Waals surface area contributed by atoms with Gasteiger partial charge in [-0.05, 0) is 30.9 Å². The standard InChI is InChI=1S/C14H19ClN2O2/c1-8-4-3-5-12(8)17-13-10(14(18)19-2)6-9(16)7-11(13)15/h6-8,12,17H,3-5,16H2,1-2H3. The molecule has 0 bridgehead atoms. The van der Waals surface area contributed by atoms with Crippen molar-refractivity contribution >= 4 is 28.9 Å². The number of nitrogens with two attached hydrogens (primary N) is 1. The van der Waals surface area contributed by atoms with Gasteiger partial charge in [0, 0.05) is 11.7 Å². The number of hydrogen-bond donors (Lipinski definition) is 2. The van der Waals surface area contributed by atoms with Crippen molar-refractivity contribution in [2.75, 3.05) is 18.2 Å². The molecule has 2 atom stereocenters. The van der Waals surface area contributed by atoms with Gasteiger partial charge in [0.15, 0.2) is 0 Å². The number of esters is 1. The van der Waals surface area contributed by atoms with Crippen LogP contribution in [-0.4, -0.2) is 19.1 Å². The Morgan fingerprint density at radius 3 is 2.79 bits per heavy atom. The van der Waals surface area contributed by atoms with Crippen LogP contribution in [0.4, 0.5) is 11.4 Å². The summed E-state index contributed by atoms with van der Waals surface area (Å²) in [4.78, 5) is 11.8. The highest BCUT2D eigenvalue weighted by Gasteiger charge is 2.26. The fraction of sp³-hybridized carbons (Fsp3) is 0.500. The minimum atomic E-state index is -0.428. The lowest BCUT2D eigenvalue weighted by atomic mass is 10.0. The van der Waals surface area contributed by atoms with Gasteiger partial charge in [0.05, 0.1) is 23.4 Å². The van der Waals surface area contributed by atoms with Crippen LogP contribution in [0, 0.1) is 5.92 Å². The predicted octanol–water partition coefficient (Wildman–Crippen LogP) is 3.31. The number of anilines is 2. The van der Waals surface area contributed by atoms with Crippen LogP contribution in [0.25, 0.3) is 0 Å². The lowest BCUT2D eigenvalue weighted by molar-refractivity contribution is 0.0602. The Morgan fingerprint density at radius 1 is 1.47 bits per heavy atom. The first-order valence-electron chi connectivity index (χ1n) is 6.46. The van der Waals surface area contributed by atoms with Crippen molar-refractivity contribution in [3.63, 3.8) is 0 Å². The molecule has 2 rings (SSSR count). The van der Waals surface area contributed by atoms with E-state index in [0.29, 0.717) is 33.9 Å². The summed E-state index contributed by atoms with van der Waals surface area (Å²) in [6.45, 7) is 2.20. The number of nitrogen functional groups attached to an aromatic ring is 1. The zero-order valence-electron chi connectivity index (χ0n) is 11.2. The SMILES string of the molecule is COC(=O)c1cc(N)cc(Cl)c1NC1CCCC1C. The number of carbonyl (C=O) groups is 1. The fourth-order valence-electron chi connectivity index (χ4n) is 2.59. The van der Waals surface area contributed by atoms with Gasteiger partial charge in [-0.25, -0.2) is 4.79 Å². The van der Waals surface area contributed by atoms with E-state index in [1.807, 2.05) is 0 Å². The molecule has 19 heavy (non-hydrogen) atoms. The zero-order chi connectivity index (χ0) is 14.0. The molecule has 0 amide bonds. The molecule has 1 aromatic rings. The Kier molecular flexibility index (Phi) is 4.20. The fourth-order valence-corrected chi connectivity index (χ4v) is 2.87. The average molecular weight is 283 g/mol. The molecule has 0 heterocycles. The average Bonchev–Trinajstić information content (AvgIpc) is 2.77. The predicted molar refractivity (Wildman–Crippen MR) is 77.6 cm³/mol. The molecule has 1 aliphatic rings. The molecule has 1 saturated carbocycles. The number of methoxy groups -OCH3 is 1. The van der Waals surface area contributed by atoms with Crippen molar-refractivity contribution in [2.24, 2.45) is 5.92 Å². The molecule has 5 heteroatoms. The highest BCUT2D eigenvalue weighted by Crippen LogP contribution is 2.34. The molecule has 0 aliphatic heterocycles. The van der Waals surface area contributed by atoms with Crippen molar-refractivity contribution < 1.29 is 9.53 Å². The van der Waals surface area contributed by atoms with Crippen LogP contribution in [0.1, 0.15) is 36.5 Å².